The van der Waals surface area contributed by atoms with Crippen molar-refractivity contribution in [1.82, 2.24) is 9.78 Å². The summed E-state index contributed by atoms with van der Waals surface area (Å²) in [7, 11) is 0. The molecule has 0 atom stereocenters. The number of carboxylic acid groups (broad SMARTS) is 1. The lowest BCUT2D eigenvalue weighted by Crippen LogP contribution is -2.11. The van der Waals surface area contributed by atoms with Gasteiger partial charge in [-0.2, -0.15) is 5.10 Å². The lowest BCUT2D eigenvalue weighted by atomic mass is 10.1. The molecule has 4 rings (SSSR count). The second-order valence-corrected chi connectivity index (χ2v) is 6.20. The molecular formula is C18H15ClN2O4. The minimum atomic E-state index is -0.977. The van der Waals surface area contributed by atoms with Crippen molar-refractivity contribution in [1.29, 1.82) is 0 Å². The molecule has 1 aliphatic rings. The number of nitrogens with zero attached hydrogens (tertiary/aromatic N) is 2. The first-order valence-corrected chi connectivity index (χ1v) is 8.28. The summed E-state index contributed by atoms with van der Waals surface area (Å²) in [6.07, 6.45) is 1.39. The highest BCUT2D eigenvalue weighted by molar-refractivity contribution is 6.31. The number of carbonyl (C=O) groups is 1. The minimum absolute atomic E-state index is 0.205. The van der Waals surface area contributed by atoms with Gasteiger partial charge in [0.2, 0.25) is 6.79 Å². The van der Waals surface area contributed by atoms with Crippen molar-refractivity contribution >= 4 is 28.5 Å². The van der Waals surface area contributed by atoms with E-state index in [-0.39, 0.29) is 12.5 Å². The monoisotopic (exact) mass is 358 g/mol. The fourth-order valence-electron chi connectivity index (χ4n) is 3.04. The van der Waals surface area contributed by atoms with Gasteiger partial charge in [-0.25, -0.2) is 4.79 Å². The third-order valence-corrected chi connectivity index (χ3v) is 4.56. The number of fused-ring (bicyclic) bond motifs is 2. The van der Waals surface area contributed by atoms with Gasteiger partial charge >= 0.3 is 5.97 Å². The van der Waals surface area contributed by atoms with Crippen molar-refractivity contribution in [3.63, 3.8) is 0 Å². The van der Waals surface area contributed by atoms with E-state index in [1.807, 2.05) is 24.3 Å². The molecule has 7 heteroatoms. The Morgan fingerprint density at radius 2 is 2.00 bits per heavy atom. The van der Waals surface area contributed by atoms with Crippen LogP contribution in [0, 0.1) is 0 Å². The molecular weight excluding hydrogens is 344 g/mol. The summed E-state index contributed by atoms with van der Waals surface area (Å²) in [4.78, 5) is 11.6. The molecule has 0 amide bonds. The molecule has 0 unspecified atom stereocenters. The van der Waals surface area contributed by atoms with Crippen LogP contribution in [0.15, 0.2) is 36.4 Å². The average Bonchev–Trinajstić information content (AvgIpc) is 3.18. The van der Waals surface area contributed by atoms with E-state index in [0.717, 1.165) is 5.56 Å². The minimum Gasteiger partial charge on any atom is -0.477 e. The van der Waals surface area contributed by atoms with E-state index >= 15 is 0 Å². The van der Waals surface area contributed by atoms with Crippen LogP contribution in [0.1, 0.15) is 22.5 Å². The van der Waals surface area contributed by atoms with Gasteiger partial charge in [0, 0.05) is 23.0 Å². The van der Waals surface area contributed by atoms with Crippen molar-refractivity contribution in [2.24, 2.45) is 0 Å². The second-order valence-electron chi connectivity index (χ2n) is 5.79. The van der Waals surface area contributed by atoms with Gasteiger partial charge in [-0.05, 0) is 30.5 Å². The molecule has 0 saturated carbocycles. The number of halogens is 1. The van der Waals surface area contributed by atoms with Gasteiger partial charge in [-0.3, -0.25) is 4.68 Å². The van der Waals surface area contributed by atoms with Crippen LogP contribution in [0.2, 0.25) is 5.02 Å². The van der Waals surface area contributed by atoms with Gasteiger partial charge in [0.1, 0.15) is 0 Å². The summed E-state index contributed by atoms with van der Waals surface area (Å²) in [6, 6.07) is 10.9. The van der Waals surface area contributed by atoms with Gasteiger partial charge < -0.3 is 14.6 Å². The molecule has 25 heavy (non-hydrogen) atoms. The molecule has 6 nitrogen and oxygen atoms in total. The number of aryl methyl sites for hydroxylation is 2. The summed E-state index contributed by atoms with van der Waals surface area (Å²) >= 11 is 6.28. The zero-order valence-electron chi connectivity index (χ0n) is 13.2. The van der Waals surface area contributed by atoms with Crippen LogP contribution >= 0.6 is 11.6 Å². The number of aromatic nitrogens is 2. The van der Waals surface area contributed by atoms with Crippen LogP contribution < -0.4 is 9.47 Å². The number of hydrogen-bond donors (Lipinski definition) is 1. The maximum absolute atomic E-state index is 11.6. The van der Waals surface area contributed by atoms with Gasteiger partial charge in [0.25, 0.3) is 0 Å². The molecule has 128 valence electrons. The van der Waals surface area contributed by atoms with E-state index in [1.165, 1.54) is 0 Å². The van der Waals surface area contributed by atoms with Crippen LogP contribution in [0.3, 0.4) is 0 Å². The summed E-state index contributed by atoms with van der Waals surface area (Å²) in [5.41, 5.74) is 1.84. The normalized spacial score (nSPS) is 12.7. The Hall–Kier alpha value is -2.73. The molecule has 1 aliphatic heterocycles. The SMILES string of the molecule is O=C(O)c1c2ccccc2nn1CCCc1cc2c(cc1Cl)OCO2. The summed E-state index contributed by atoms with van der Waals surface area (Å²) in [5, 5.41) is 15.2. The lowest BCUT2D eigenvalue weighted by molar-refractivity contribution is 0.0685. The van der Waals surface area contributed by atoms with E-state index in [0.29, 0.717) is 46.8 Å². The molecule has 0 fully saturated rings. The van der Waals surface area contributed by atoms with E-state index < -0.39 is 5.97 Å². The van der Waals surface area contributed by atoms with Crippen molar-refractivity contribution in [2.45, 2.75) is 19.4 Å². The predicted octanol–water partition coefficient (Wildman–Crippen LogP) is 3.75. The Morgan fingerprint density at radius 1 is 1.24 bits per heavy atom. The topological polar surface area (TPSA) is 73.6 Å². The first-order valence-electron chi connectivity index (χ1n) is 7.90. The van der Waals surface area contributed by atoms with Gasteiger partial charge in [-0.1, -0.05) is 29.8 Å². The number of rotatable bonds is 5. The summed E-state index contributed by atoms with van der Waals surface area (Å²) in [5.74, 6) is 0.366. The van der Waals surface area contributed by atoms with Crippen LogP contribution in [0.5, 0.6) is 11.5 Å². The summed E-state index contributed by atoms with van der Waals surface area (Å²) in [6.45, 7) is 0.693. The first kappa shape index (κ1) is 15.8. The molecule has 0 bridgehead atoms. The molecule has 3 aromatic rings. The van der Waals surface area contributed by atoms with Crippen molar-refractivity contribution in [2.75, 3.05) is 6.79 Å². The molecule has 0 aliphatic carbocycles. The Labute approximate surface area is 148 Å². The molecule has 1 aromatic heterocycles. The van der Waals surface area contributed by atoms with Crippen LogP contribution in [-0.2, 0) is 13.0 Å². The third-order valence-electron chi connectivity index (χ3n) is 4.21. The van der Waals surface area contributed by atoms with Crippen LogP contribution in [0.4, 0.5) is 0 Å². The Morgan fingerprint density at radius 3 is 2.80 bits per heavy atom. The maximum atomic E-state index is 11.6. The Kier molecular flexibility index (Phi) is 3.97. The molecule has 1 N–H and O–H groups in total. The van der Waals surface area contributed by atoms with Crippen molar-refractivity contribution in [3.8, 4) is 11.5 Å². The third kappa shape index (κ3) is 2.89. The first-order chi connectivity index (χ1) is 12.1. The quantitative estimate of drug-likeness (QED) is 0.752. The highest BCUT2D eigenvalue weighted by Crippen LogP contribution is 2.37. The molecule has 2 heterocycles. The average molecular weight is 359 g/mol. The smallest absolute Gasteiger partial charge is 0.354 e. The molecule has 0 radical (unpaired) electrons. The molecule has 2 aromatic carbocycles. The summed E-state index contributed by atoms with van der Waals surface area (Å²) < 4.78 is 12.2. The highest BCUT2D eigenvalue weighted by Gasteiger charge is 2.18. The van der Waals surface area contributed by atoms with E-state index in [4.69, 9.17) is 21.1 Å². The molecule has 0 saturated heterocycles. The fourth-order valence-corrected chi connectivity index (χ4v) is 3.29. The Balaban J connectivity index is 1.53. The molecule has 0 spiro atoms. The highest BCUT2D eigenvalue weighted by atomic mass is 35.5. The van der Waals surface area contributed by atoms with Gasteiger partial charge in [0.15, 0.2) is 17.2 Å². The van der Waals surface area contributed by atoms with Gasteiger partial charge in [-0.15, -0.1) is 0 Å². The van der Waals surface area contributed by atoms with Crippen LogP contribution in [-0.4, -0.2) is 27.6 Å². The largest absolute Gasteiger partial charge is 0.477 e. The van der Waals surface area contributed by atoms with Crippen LogP contribution in [0.25, 0.3) is 10.9 Å². The fraction of sp³-hybridized carbons (Fsp3) is 0.222. The number of ether oxygens (including phenoxy) is 2. The Bertz CT molecular complexity index is 967. The number of hydrogen-bond acceptors (Lipinski definition) is 4. The predicted molar refractivity (Wildman–Crippen MR) is 92.6 cm³/mol. The number of carboxylic acids is 1. The van der Waals surface area contributed by atoms with E-state index in [2.05, 4.69) is 5.10 Å². The zero-order valence-corrected chi connectivity index (χ0v) is 14.0. The van der Waals surface area contributed by atoms with E-state index in [9.17, 15) is 9.90 Å². The standard InChI is InChI=1S/C18H15ClN2O4/c19-13-9-16-15(24-10-25-16)8-11(13)4-3-7-21-17(18(22)23)12-5-1-2-6-14(12)20-21/h1-2,5-6,8-9H,3-4,7,10H2,(H,22,23). The van der Waals surface area contributed by atoms with Crippen molar-refractivity contribution in [3.05, 3.63) is 52.7 Å². The van der Waals surface area contributed by atoms with E-state index in [1.54, 1.807) is 16.8 Å². The lowest BCUT2D eigenvalue weighted by Gasteiger charge is -2.07. The number of benzene rings is 2. The van der Waals surface area contributed by atoms with Gasteiger partial charge in [0.05, 0.1) is 5.52 Å². The maximum Gasteiger partial charge on any atom is 0.354 e. The van der Waals surface area contributed by atoms with Crippen molar-refractivity contribution < 1.29 is 19.4 Å². The zero-order chi connectivity index (χ0) is 17.4. The second kappa shape index (κ2) is 6.29. The number of aromatic carboxylic acids is 1.